The van der Waals surface area contributed by atoms with Crippen molar-refractivity contribution >= 4 is 29.5 Å². The molecular formula is C17H22ClN3O2. The van der Waals surface area contributed by atoms with Crippen LogP contribution in [0.4, 0.5) is 5.82 Å². The number of nitrogens with one attached hydrogen (secondary N) is 1. The van der Waals surface area contributed by atoms with E-state index < -0.39 is 5.97 Å². The third-order valence-electron chi connectivity index (χ3n) is 4.64. The van der Waals surface area contributed by atoms with Gasteiger partial charge in [0, 0.05) is 37.9 Å². The molecule has 1 aromatic rings. The lowest BCUT2D eigenvalue weighted by Crippen LogP contribution is -2.33. The van der Waals surface area contributed by atoms with Crippen LogP contribution in [-0.2, 0) is 4.79 Å². The summed E-state index contributed by atoms with van der Waals surface area (Å²) in [4.78, 5) is 17.4. The van der Waals surface area contributed by atoms with E-state index in [-0.39, 0.29) is 0 Å². The number of hydrogen-bond acceptors (Lipinski definition) is 4. The van der Waals surface area contributed by atoms with E-state index in [0.717, 1.165) is 31.5 Å². The minimum Gasteiger partial charge on any atom is -0.478 e. The molecule has 1 atom stereocenters. The van der Waals surface area contributed by atoms with E-state index in [2.05, 4.69) is 15.2 Å². The van der Waals surface area contributed by atoms with E-state index in [1.807, 2.05) is 0 Å². The SMILES string of the molecule is O=C(O)C=Cc1cnc(N[C@@H]2CCN(CC3CCC3)C2)c(Cl)c1. The van der Waals surface area contributed by atoms with Crippen LogP contribution < -0.4 is 5.32 Å². The molecule has 0 amide bonds. The third-order valence-corrected chi connectivity index (χ3v) is 4.92. The second-order valence-electron chi connectivity index (χ2n) is 6.46. The van der Waals surface area contributed by atoms with Gasteiger partial charge in [-0.2, -0.15) is 0 Å². The first-order chi connectivity index (χ1) is 11.1. The zero-order valence-corrected chi connectivity index (χ0v) is 13.8. The Hall–Kier alpha value is -1.59. The second-order valence-corrected chi connectivity index (χ2v) is 6.86. The van der Waals surface area contributed by atoms with Crippen LogP contribution in [0.15, 0.2) is 18.3 Å². The minimum absolute atomic E-state index is 0.375. The summed E-state index contributed by atoms with van der Waals surface area (Å²) >= 11 is 6.26. The van der Waals surface area contributed by atoms with Gasteiger partial charge in [-0.3, -0.25) is 0 Å². The Morgan fingerprint density at radius 1 is 1.48 bits per heavy atom. The van der Waals surface area contributed by atoms with Crippen LogP contribution in [0.25, 0.3) is 6.08 Å². The van der Waals surface area contributed by atoms with Crippen LogP contribution >= 0.6 is 11.6 Å². The Labute approximate surface area is 141 Å². The maximum absolute atomic E-state index is 10.5. The number of nitrogens with zero attached hydrogens (tertiary/aromatic N) is 2. The summed E-state index contributed by atoms with van der Waals surface area (Å²) in [5, 5.41) is 12.6. The molecule has 1 saturated carbocycles. The highest BCUT2D eigenvalue weighted by Gasteiger charge is 2.27. The summed E-state index contributed by atoms with van der Waals surface area (Å²) in [6.45, 7) is 3.39. The Morgan fingerprint density at radius 3 is 2.96 bits per heavy atom. The van der Waals surface area contributed by atoms with Crippen molar-refractivity contribution < 1.29 is 9.90 Å². The fraction of sp³-hybridized carbons (Fsp3) is 0.529. The Kier molecular flexibility index (Phi) is 5.18. The Morgan fingerprint density at radius 2 is 2.30 bits per heavy atom. The van der Waals surface area contributed by atoms with Gasteiger partial charge in [-0.25, -0.2) is 9.78 Å². The smallest absolute Gasteiger partial charge is 0.328 e. The van der Waals surface area contributed by atoms with E-state index in [9.17, 15) is 4.79 Å². The lowest BCUT2D eigenvalue weighted by Gasteiger charge is -2.30. The number of carboxylic acid groups (broad SMARTS) is 1. The Balaban J connectivity index is 1.54. The van der Waals surface area contributed by atoms with Crippen molar-refractivity contribution in [2.75, 3.05) is 25.0 Å². The molecule has 124 valence electrons. The molecule has 0 aromatic carbocycles. The molecule has 2 fully saturated rings. The average Bonchev–Trinajstić information content (AvgIpc) is 2.91. The van der Waals surface area contributed by atoms with Gasteiger partial charge >= 0.3 is 5.97 Å². The maximum atomic E-state index is 10.5. The standard InChI is InChI=1S/C17H22ClN3O2/c18-15-8-13(4-5-16(22)23)9-19-17(15)20-14-6-7-21(11-14)10-12-2-1-3-12/h4-5,8-9,12,14H,1-3,6-7,10-11H2,(H,19,20)(H,22,23)/t14-/m1/s1. The summed E-state index contributed by atoms with van der Waals surface area (Å²) in [6.07, 6.45) is 9.46. The normalized spacial score (nSPS) is 22.4. The van der Waals surface area contributed by atoms with Crippen LogP contribution in [0.5, 0.6) is 0 Å². The van der Waals surface area contributed by atoms with Gasteiger partial charge in [0.1, 0.15) is 5.82 Å². The lowest BCUT2D eigenvalue weighted by molar-refractivity contribution is -0.131. The largest absolute Gasteiger partial charge is 0.478 e. The van der Waals surface area contributed by atoms with Crippen LogP contribution in [0.2, 0.25) is 5.02 Å². The molecule has 0 bridgehead atoms. The summed E-state index contributed by atoms with van der Waals surface area (Å²) in [7, 11) is 0. The molecule has 1 aromatic heterocycles. The molecule has 23 heavy (non-hydrogen) atoms. The van der Waals surface area contributed by atoms with Crippen molar-refractivity contribution in [3.05, 3.63) is 28.9 Å². The van der Waals surface area contributed by atoms with Crippen LogP contribution in [0.3, 0.4) is 0 Å². The molecule has 2 heterocycles. The van der Waals surface area contributed by atoms with Gasteiger partial charge in [0.25, 0.3) is 0 Å². The molecule has 2 aliphatic rings. The maximum Gasteiger partial charge on any atom is 0.328 e. The summed E-state index contributed by atoms with van der Waals surface area (Å²) < 4.78 is 0. The second kappa shape index (κ2) is 7.32. The van der Waals surface area contributed by atoms with Gasteiger partial charge < -0.3 is 15.3 Å². The fourth-order valence-electron chi connectivity index (χ4n) is 3.17. The van der Waals surface area contributed by atoms with Crippen LogP contribution in [0.1, 0.15) is 31.2 Å². The number of aliphatic carboxylic acids is 1. The lowest BCUT2D eigenvalue weighted by atomic mass is 9.85. The first kappa shape index (κ1) is 16.3. The van der Waals surface area contributed by atoms with Crippen molar-refractivity contribution in [2.45, 2.75) is 31.7 Å². The first-order valence-electron chi connectivity index (χ1n) is 8.15. The van der Waals surface area contributed by atoms with Crippen molar-refractivity contribution in [1.29, 1.82) is 0 Å². The molecule has 0 radical (unpaired) electrons. The number of pyridine rings is 1. The van der Waals surface area contributed by atoms with E-state index >= 15 is 0 Å². The summed E-state index contributed by atoms with van der Waals surface area (Å²) in [5.41, 5.74) is 0.681. The Bertz CT molecular complexity index is 602. The number of carbonyl (C=O) groups is 1. The predicted molar refractivity (Wildman–Crippen MR) is 91.7 cm³/mol. The van der Waals surface area contributed by atoms with Gasteiger partial charge in [-0.05, 0) is 42.9 Å². The zero-order chi connectivity index (χ0) is 16.2. The van der Waals surface area contributed by atoms with E-state index in [0.29, 0.717) is 22.4 Å². The zero-order valence-electron chi connectivity index (χ0n) is 13.0. The van der Waals surface area contributed by atoms with Gasteiger partial charge in [0.05, 0.1) is 5.02 Å². The number of halogens is 1. The molecule has 5 nitrogen and oxygen atoms in total. The molecule has 6 heteroatoms. The van der Waals surface area contributed by atoms with Gasteiger partial charge in [0.2, 0.25) is 0 Å². The molecule has 3 rings (SSSR count). The highest BCUT2D eigenvalue weighted by Crippen LogP contribution is 2.29. The quantitative estimate of drug-likeness (QED) is 0.782. The highest BCUT2D eigenvalue weighted by molar-refractivity contribution is 6.33. The first-order valence-corrected chi connectivity index (χ1v) is 8.53. The molecule has 0 spiro atoms. The fourth-order valence-corrected chi connectivity index (χ4v) is 3.40. The molecule has 2 N–H and O–H groups in total. The topological polar surface area (TPSA) is 65.5 Å². The average molecular weight is 336 g/mol. The van der Waals surface area contributed by atoms with Crippen LogP contribution in [0, 0.1) is 5.92 Å². The molecule has 1 aliphatic heterocycles. The minimum atomic E-state index is -0.985. The number of carboxylic acids is 1. The van der Waals surface area contributed by atoms with Crippen molar-refractivity contribution in [1.82, 2.24) is 9.88 Å². The van der Waals surface area contributed by atoms with Gasteiger partial charge in [-0.15, -0.1) is 0 Å². The van der Waals surface area contributed by atoms with Gasteiger partial charge in [-0.1, -0.05) is 18.0 Å². The molecule has 0 unspecified atom stereocenters. The van der Waals surface area contributed by atoms with Crippen molar-refractivity contribution in [3.8, 4) is 0 Å². The summed E-state index contributed by atoms with van der Waals surface area (Å²) in [5.74, 6) is 0.589. The number of rotatable bonds is 6. The van der Waals surface area contributed by atoms with E-state index in [1.54, 1.807) is 12.3 Å². The number of aromatic nitrogens is 1. The van der Waals surface area contributed by atoms with Gasteiger partial charge in [0.15, 0.2) is 0 Å². The van der Waals surface area contributed by atoms with Crippen molar-refractivity contribution in [3.63, 3.8) is 0 Å². The highest BCUT2D eigenvalue weighted by atomic mass is 35.5. The molecule has 1 aliphatic carbocycles. The van der Waals surface area contributed by atoms with E-state index in [4.69, 9.17) is 16.7 Å². The predicted octanol–water partition coefficient (Wildman–Crippen LogP) is 3.12. The van der Waals surface area contributed by atoms with E-state index in [1.165, 1.54) is 31.9 Å². The monoisotopic (exact) mass is 335 g/mol. The van der Waals surface area contributed by atoms with Crippen LogP contribution in [-0.4, -0.2) is 46.6 Å². The summed E-state index contributed by atoms with van der Waals surface area (Å²) in [6, 6.07) is 2.11. The molecule has 1 saturated heterocycles. The molecular weight excluding hydrogens is 314 g/mol. The third kappa shape index (κ3) is 4.45. The van der Waals surface area contributed by atoms with Crippen molar-refractivity contribution in [2.24, 2.45) is 5.92 Å². The number of hydrogen-bond donors (Lipinski definition) is 2. The number of anilines is 1. The number of likely N-dealkylation sites (tertiary alicyclic amines) is 1.